The number of hydrogen-bond donors (Lipinski definition) is 1. The molecule has 0 bridgehead atoms. The second-order valence-electron chi connectivity index (χ2n) is 3.43. The van der Waals surface area contributed by atoms with Crippen LogP contribution in [-0.4, -0.2) is 5.11 Å². The summed E-state index contributed by atoms with van der Waals surface area (Å²) in [6.45, 7) is -0.393. The number of hydrogen-bond acceptors (Lipinski definition) is 2. The van der Waals surface area contributed by atoms with E-state index in [1.807, 2.05) is 12.1 Å². The number of rotatable bonds is 3. The Bertz CT molecular complexity index is 529. The number of aliphatic hydroxyl groups excluding tert-OH is 1. The molecule has 0 aliphatic rings. The molecule has 4 heteroatoms. The fraction of sp³-hybridized carbons (Fsp3) is 0.0769. The van der Waals surface area contributed by atoms with Crippen LogP contribution < -0.4 is 4.74 Å². The molecule has 0 aliphatic heterocycles. The molecule has 0 saturated carbocycles. The highest BCUT2D eigenvalue weighted by molar-refractivity contribution is 9.10. The lowest BCUT2D eigenvalue weighted by atomic mass is 10.2. The predicted octanol–water partition coefficient (Wildman–Crippen LogP) is 3.87. The van der Waals surface area contributed by atoms with Crippen molar-refractivity contribution >= 4 is 15.9 Å². The molecule has 0 atom stereocenters. The van der Waals surface area contributed by atoms with Crippen molar-refractivity contribution in [1.29, 1.82) is 0 Å². The van der Waals surface area contributed by atoms with E-state index >= 15 is 0 Å². The molecule has 2 nitrogen and oxygen atoms in total. The van der Waals surface area contributed by atoms with Gasteiger partial charge in [-0.1, -0.05) is 28.1 Å². The normalized spacial score (nSPS) is 10.3. The first kappa shape index (κ1) is 12.1. The highest BCUT2D eigenvalue weighted by Gasteiger charge is 2.09. The Hall–Kier alpha value is -1.39. The molecule has 0 fully saturated rings. The highest BCUT2D eigenvalue weighted by Crippen LogP contribution is 2.28. The smallest absolute Gasteiger partial charge is 0.135 e. The Morgan fingerprint density at radius 2 is 1.94 bits per heavy atom. The van der Waals surface area contributed by atoms with Crippen molar-refractivity contribution in [3.8, 4) is 11.5 Å². The molecule has 0 unspecified atom stereocenters. The molecule has 2 aromatic carbocycles. The van der Waals surface area contributed by atoms with Crippen LogP contribution in [-0.2, 0) is 6.61 Å². The maximum atomic E-state index is 13.4. The molecule has 0 spiro atoms. The molecule has 2 aromatic rings. The van der Waals surface area contributed by atoms with Crippen LogP contribution in [0.2, 0.25) is 0 Å². The van der Waals surface area contributed by atoms with Crippen molar-refractivity contribution in [2.24, 2.45) is 0 Å². The van der Waals surface area contributed by atoms with Gasteiger partial charge in [0, 0.05) is 4.47 Å². The summed E-state index contributed by atoms with van der Waals surface area (Å²) in [5.41, 5.74) is 0.160. The lowest BCUT2D eigenvalue weighted by Gasteiger charge is -2.10. The lowest BCUT2D eigenvalue weighted by molar-refractivity contribution is 0.270. The summed E-state index contributed by atoms with van der Waals surface area (Å²) < 4.78 is 19.8. The minimum absolute atomic E-state index is 0.160. The van der Waals surface area contributed by atoms with E-state index in [1.54, 1.807) is 24.3 Å². The topological polar surface area (TPSA) is 29.5 Å². The van der Waals surface area contributed by atoms with Gasteiger partial charge in [0.05, 0.1) is 12.2 Å². The molecule has 0 heterocycles. The van der Waals surface area contributed by atoms with Crippen LogP contribution in [0, 0.1) is 5.82 Å². The van der Waals surface area contributed by atoms with Gasteiger partial charge in [-0.05, 0) is 30.3 Å². The molecule has 0 amide bonds. The summed E-state index contributed by atoms with van der Waals surface area (Å²) in [7, 11) is 0. The summed E-state index contributed by atoms with van der Waals surface area (Å²) in [6.07, 6.45) is 0. The summed E-state index contributed by atoms with van der Waals surface area (Å²) in [5, 5.41) is 9.10. The molecule has 0 saturated heterocycles. The van der Waals surface area contributed by atoms with Gasteiger partial charge in [0.15, 0.2) is 0 Å². The molecule has 1 N–H and O–H groups in total. The quantitative estimate of drug-likeness (QED) is 0.931. The molecule has 0 aromatic heterocycles. The third-order valence-electron chi connectivity index (χ3n) is 2.26. The van der Waals surface area contributed by atoms with Crippen molar-refractivity contribution in [3.63, 3.8) is 0 Å². The van der Waals surface area contributed by atoms with E-state index in [0.717, 1.165) is 4.47 Å². The number of halogens is 2. The molecular weight excluding hydrogens is 287 g/mol. The van der Waals surface area contributed by atoms with Crippen molar-refractivity contribution < 1.29 is 14.2 Å². The molecule has 0 radical (unpaired) electrons. The summed E-state index contributed by atoms with van der Waals surface area (Å²) in [4.78, 5) is 0. The van der Waals surface area contributed by atoms with Crippen LogP contribution in [0.3, 0.4) is 0 Å². The fourth-order valence-corrected chi connectivity index (χ4v) is 1.82. The molecule has 17 heavy (non-hydrogen) atoms. The van der Waals surface area contributed by atoms with Crippen LogP contribution in [0.25, 0.3) is 0 Å². The van der Waals surface area contributed by atoms with Gasteiger partial charge < -0.3 is 9.84 Å². The van der Waals surface area contributed by atoms with E-state index in [-0.39, 0.29) is 5.56 Å². The van der Waals surface area contributed by atoms with Gasteiger partial charge in [-0.15, -0.1) is 0 Å². The molecule has 0 aliphatic carbocycles. The van der Waals surface area contributed by atoms with Gasteiger partial charge in [0.2, 0.25) is 0 Å². The van der Waals surface area contributed by atoms with Gasteiger partial charge in [-0.3, -0.25) is 0 Å². The van der Waals surface area contributed by atoms with Crippen LogP contribution in [0.5, 0.6) is 11.5 Å². The SMILES string of the molecule is OCc1c(F)cccc1Oc1cccc(Br)c1. The average molecular weight is 297 g/mol. The predicted molar refractivity (Wildman–Crippen MR) is 66.5 cm³/mol. The standard InChI is InChI=1S/C13H10BrFO2/c14-9-3-1-4-10(7-9)17-13-6-2-5-12(15)11(13)8-16/h1-7,16H,8H2. The zero-order valence-electron chi connectivity index (χ0n) is 8.86. The van der Waals surface area contributed by atoms with E-state index < -0.39 is 12.4 Å². The third-order valence-corrected chi connectivity index (χ3v) is 2.75. The monoisotopic (exact) mass is 296 g/mol. The van der Waals surface area contributed by atoms with Crippen LogP contribution in [0.1, 0.15) is 5.56 Å². The average Bonchev–Trinajstić information content (AvgIpc) is 2.29. The maximum absolute atomic E-state index is 13.4. The molecule has 2 rings (SSSR count). The minimum atomic E-state index is -0.472. The van der Waals surface area contributed by atoms with E-state index in [1.165, 1.54) is 6.07 Å². The minimum Gasteiger partial charge on any atom is -0.457 e. The highest BCUT2D eigenvalue weighted by atomic mass is 79.9. The first-order valence-corrected chi connectivity index (χ1v) is 5.81. The second kappa shape index (κ2) is 5.29. The molecular formula is C13H10BrFO2. The second-order valence-corrected chi connectivity index (χ2v) is 4.35. The number of aliphatic hydroxyl groups is 1. The van der Waals surface area contributed by atoms with Gasteiger partial charge in [0.25, 0.3) is 0 Å². The van der Waals surface area contributed by atoms with Gasteiger partial charge >= 0.3 is 0 Å². The summed E-state index contributed by atoms with van der Waals surface area (Å²) in [5.74, 6) is 0.435. The number of ether oxygens (including phenoxy) is 1. The van der Waals surface area contributed by atoms with Crippen molar-refractivity contribution in [3.05, 3.63) is 58.3 Å². The first-order chi connectivity index (χ1) is 8.20. The van der Waals surface area contributed by atoms with Crippen molar-refractivity contribution in [2.45, 2.75) is 6.61 Å². The van der Waals surface area contributed by atoms with E-state index in [4.69, 9.17) is 9.84 Å². The Morgan fingerprint density at radius 1 is 1.18 bits per heavy atom. The van der Waals surface area contributed by atoms with Crippen LogP contribution in [0.4, 0.5) is 4.39 Å². The van der Waals surface area contributed by atoms with Gasteiger partial charge in [-0.2, -0.15) is 0 Å². The van der Waals surface area contributed by atoms with Crippen molar-refractivity contribution in [1.82, 2.24) is 0 Å². The lowest BCUT2D eigenvalue weighted by Crippen LogP contribution is -1.95. The van der Waals surface area contributed by atoms with Crippen LogP contribution >= 0.6 is 15.9 Å². The molecule has 88 valence electrons. The van der Waals surface area contributed by atoms with Gasteiger partial charge in [0.1, 0.15) is 17.3 Å². The Balaban J connectivity index is 2.33. The summed E-state index contributed by atoms with van der Waals surface area (Å²) in [6, 6.07) is 11.7. The van der Waals surface area contributed by atoms with E-state index in [9.17, 15) is 4.39 Å². The zero-order valence-corrected chi connectivity index (χ0v) is 10.4. The zero-order chi connectivity index (χ0) is 12.3. The van der Waals surface area contributed by atoms with Crippen molar-refractivity contribution in [2.75, 3.05) is 0 Å². The summed E-state index contributed by atoms with van der Waals surface area (Å²) >= 11 is 3.32. The number of benzene rings is 2. The van der Waals surface area contributed by atoms with E-state index in [2.05, 4.69) is 15.9 Å². The fourth-order valence-electron chi connectivity index (χ4n) is 1.45. The third kappa shape index (κ3) is 2.84. The Labute approximate surface area is 107 Å². The Morgan fingerprint density at radius 3 is 2.65 bits per heavy atom. The Kier molecular flexibility index (Phi) is 3.76. The first-order valence-electron chi connectivity index (χ1n) is 5.02. The largest absolute Gasteiger partial charge is 0.457 e. The maximum Gasteiger partial charge on any atom is 0.135 e. The van der Waals surface area contributed by atoms with Gasteiger partial charge in [-0.25, -0.2) is 4.39 Å². The van der Waals surface area contributed by atoms with E-state index in [0.29, 0.717) is 11.5 Å². The van der Waals surface area contributed by atoms with Crippen LogP contribution in [0.15, 0.2) is 46.9 Å².